The molecular formula is C10H16N8O. The third kappa shape index (κ3) is 2.88. The summed E-state index contributed by atoms with van der Waals surface area (Å²) in [6.07, 6.45) is 1.76. The zero-order valence-corrected chi connectivity index (χ0v) is 10.7. The van der Waals surface area contributed by atoms with E-state index in [4.69, 9.17) is 11.6 Å². The van der Waals surface area contributed by atoms with E-state index in [-0.39, 0.29) is 12.4 Å². The normalized spacial score (nSPS) is 11.5. The SMILES string of the molecule is CC(C)(CC(N)=O)Nc1nc(NN)nc2[nH]ncc12. The number of amides is 1. The Morgan fingerprint density at radius 1 is 1.47 bits per heavy atom. The Hall–Kier alpha value is -2.42. The lowest BCUT2D eigenvalue weighted by Crippen LogP contribution is -2.36. The van der Waals surface area contributed by atoms with Crippen molar-refractivity contribution in [1.82, 2.24) is 20.2 Å². The van der Waals surface area contributed by atoms with E-state index in [0.717, 1.165) is 0 Å². The van der Waals surface area contributed by atoms with Gasteiger partial charge in [0.15, 0.2) is 5.65 Å². The quantitative estimate of drug-likeness (QED) is 0.368. The fourth-order valence-electron chi connectivity index (χ4n) is 1.80. The lowest BCUT2D eigenvalue weighted by molar-refractivity contribution is -0.118. The molecule has 0 aliphatic rings. The van der Waals surface area contributed by atoms with E-state index in [1.807, 2.05) is 13.8 Å². The first-order valence-electron chi connectivity index (χ1n) is 5.65. The van der Waals surface area contributed by atoms with Crippen LogP contribution in [0.2, 0.25) is 0 Å². The van der Waals surface area contributed by atoms with Gasteiger partial charge in [-0.3, -0.25) is 15.3 Å². The summed E-state index contributed by atoms with van der Waals surface area (Å²) in [5.41, 5.74) is 7.59. The predicted octanol–water partition coefficient (Wildman–Crippen LogP) is -0.296. The number of rotatable bonds is 5. The Bertz CT molecular complexity index is 605. The molecule has 0 unspecified atom stereocenters. The number of primary amides is 1. The van der Waals surface area contributed by atoms with Gasteiger partial charge < -0.3 is 11.1 Å². The number of nitrogens with two attached hydrogens (primary N) is 2. The average molecular weight is 264 g/mol. The molecule has 0 bridgehead atoms. The third-order valence-electron chi connectivity index (χ3n) is 2.51. The Balaban J connectivity index is 2.38. The van der Waals surface area contributed by atoms with E-state index in [2.05, 4.69) is 30.9 Å². The van der Waals surface area contributed by atoms with Crippen molar-refractivity contribution >= 4 is 28.7 Å². The van der Waals surface area contributed by atoms with Crippen molar-refractivity contribution in [3.63, 3.8) is 0 Å². The van der Waals surface area contributed by atoms with Crippen LogP contribution < -0.4 is 22.3 Å². The molecule has 2 aromatic rings. The number of hydrogen-bond acceptors (Lipinski definition) is 7. The highest BCUT2D eigenvalue weighted by Crippen LogP contribution is 2.24. The first kappa shape index (κ1) is 13.0. The van der Waals surface area contributed by atoms with Crippen LogP contribution in [0.5, 0.6) is 0 Å². The minimum absolute atomic E-state index is 0.168. The molecular weight excluding hydrogens is 248 g/mol. The zero-order valence-electron chi connectivity index (χ0n) is 10.7. The first-order valence-corrected chi connectivity index (χ1v) is 5.65. The highest BCUT2D eigenvalue weighted by atomic mass is 16.1. The first-order chi connectivity index (χ1) is 8.91. The molecule has 2 aromatic heterocycles. The Kier molecular flexibility index (Phi) is 3.21. The van der Waals surface area contributed by atoms with Gasteiger partial charge >= 0.3 is 0 Å². The summed E-state index contributed by atoms with van der Waals surface area (Å²) in [6, 6.07) is 0. The molecule has 0 atom stereocenters. The molecule has 0 saturated carbocycles. The summed E-state index contributed by atoms with van der Waals surface area (Å²) < 4.78 is 0. The number of hydrazine groups is 1. The van der Waals surface area contributed by atoms with Crippen LogP contribution in [0.25, 0.3) is 11.0 Å². The largest absolute Gasteiger partial charge is 0.370 e. The van der Waals surface area contributed by atoms with Crippen LogP contribution in [0.15, 0.2) is 6.20 Å². The average Bonchev–Trinajstić information content (AvgIpc) is 2.74. The van der Waals surface area contributed by atoms with Gasteiger partial charge in [-0.2, -0.15) is 15.1 Å². The van der Waals surface area contributed by atoms with Crippen LogP contribution in [0.3, 0.4) is 0 Å². The molecule has 7 N–H and O–H groups in total. The number of anilines is 2. The number of H-pyrrole nitrogens is 1. The maximum absolute atomic E-state index is 11.0. The van der Waals surface area contributed by atoms with Crippen LogP contribution in [0, 0.1) is 0 Å². The predicted molar refractivity (Wildman–Crippen MR) is 71.0 cm³/mol. The van der Waals surface area contributed by atoms with Crippen molar-refractivity contribution in [2.45, 2.75) is 25.8 Å². The minimum Gasteiger partial charge on any atom is -0.370 e. The summed E-state index contributed by atoms with van der Waals surface area (Å²) in [5.74, 6) is 5.69. The van der Waals surface area contributed by atoms with E-state index >= 15 is 0 Å². The van der Waals surface area contributed by atoms with Crippen LogP contribution in [-0.4, -0.2) is 31.6 Å². The number of fused-ring (bicyclic) bond motifs is 1. The highest BCUT2D eigenvalue weighted by molar-refractivity contribution is 5.87. The highest BCUT2D eigenvalue weighted by Gasteiger charge is 2.22. The number of nitrogens with zero attached hydrogens (tertiary/aromatic N) is 3. The van der Waals surface area contributed by atoms with Crippen molar-refractivity contribution in [2.24, 2.45) is 11.6 Å². The van der Waals surface area contributed by atoms with Gasteiger partial charge in [0.25, 0.3) is 0 Å². The van der Waals surface area contributed by atoms with Crippen LogP contribution >= 0.6 is 0 Å². The van der Waals surface area contributed by atoms with Gasteiger partial charge in [-0.05, 0) is 13.8 Å². The van der Waals surface area contributed by atoms with E-state index in [0.29, 0.717) is 16.9 Å². The standard InChI is InChI=1S/C10H16N8O/c1-10(2,3-6(11)19)16-7-5-4-13-18-8(5)15-9(14-7)17-12/h4H,3,12H2,1-2H3,(H2,11,19)(H3,13,14,15,16,17,18). The molecule has 9 nitrogen and oxygen atoms in total. The molecule has 0 aliphatic carbocycles. The number of carbonyl (C=O) groups is 1. The monoisotopic (exact) mass is 264 g/mol. The van der Waals surface area contributed by atoms with Gasteiger partial charge in [0.1, 0.15) is 5.82 Å². The van der Waals surface area contributed by atoms with Crippen LogP contribution in [0.1, 0.15) is 20.3 Å². The Labute approximate surface area is 109 Å². The summed E-state index contributed by atoms with van der Waals surface area (Å²) >= 11 is 0. The topological polar surface area (TPSA) is 148 Å². The summed E-state index contributed by atoms with van der Waals surface area (Å²) in [7, 11) is 0. The second kappa shape index (κ2) is 4.69. The molecule has 0 aliphatic heterocycles. The van der Waals surface area contributed by atoms with Gasteiger partial charge in [-0.15, -0.1) is 0 Å². The molecule has 2 rings (SSSR count). The van der Waals surface area contributed by atoms with Gasteiger partial charge in [0, 0.05) is 12.0 Å². The fraction of sp³-hybridized carbons (Fsp3) is 0.400. The molecule has 102 valence electrons. The maximum Gasteiger partial charge on any atom is 0.241 e. The lowest BCUT2D eigenvalue weighted by atomic mass is 10.0. The number of hydrogen-bond donors (Lipinski definition) is 5. The molecule has 19 heavy (non-hydrogen) atoms. The second-order valence-corrected chi connectivity index (χ2v) is 4.82. The van der Waals surface area contributed by atoms with Crippen molar-refractivity contribution in [3.05, 3.63) is 6.20 Å². The van der Waals surface area contributed by atoms with Gasteiger partial charge in [-0.1, -0.05) is 0 Å². The molecule has 0 radical (unpaired) electrons. The number of nitrogen functional groups attached to an aromatic ring is 1. The number of aromatic amines is 1. The Morgan fingerprint density at radius 2 is 2.21 bits per heavy atom. The molecule has 0 spiro atoms. The summed E-state index contributed by atoms with van der Waals surface area (Å²) in [6.45, 7) is 3.70. The maximum atomic E-state index is 11.0. The van der Waals surface area contributed by atoms with Gasteiger partial charge in [0.05, 0.1) is 11.6 Å². The van der Waals surface area contributed by atoms with Crippen LogP contribution in [-0.2, 0) is 4.79 Å². The molecule has 0 saturated heterocycles. The van der Waals surface area contributed by atoms with Crippen molar-refractivity contribution < 1.29 is 4.79 Å². The molecule has 2 heterocycles. The van der Waals surface area contributed by atoms with E-state index in [1.165, 1.54) is 0 Å². The third-order valence-corrected chi connectivity index (χ3v) is 2.51. The number of carbonyl (C=O) groups excluding carboxylic acids is 1. The molecule has 0 aromatic carbocycles. The van der Waals surface area contributed by atoms with E-state index in [9.17, 15) is 4.79 Å². The summed E-state index contributed by atoms with van der Waals surface area (Å²) in [5, 5.41) is 10.5. The van der Waals surface area contributed by atoms with E-state index < -0.39 is 11.4 Å². The van der Waals surface area contributed by atoms with E-state index in [1.54, 1.807) is 6.20 Å². The molecule has 1 amide bonds. The summed E-state index contributed by atoms with van der Waals surface area (Å²) in [4.78, 5) is 19.4. The second-order valence-electron chi connectivity index (χ2n) is 4.82. The smallest absolute Gasteiger partial charge is 0.241 e. The Morgan fingerprint density at radius 3 is 2.84 bits per heavy atom. The molecule has 9 heteroatoms. The molecule has 0 fully saturated rings. The van der Waals surface area contributed by atoms with Crippen molar-refractivity contribution in [3.8, 4) is 0 Å². The van der Waals surface area contributed by atoms with Crippen molar-refractivity contribution in [1.29, 1.82) is 0 Å². The number of nitrogens with one attached hydrogen (secondary N) is 3. The van der Waals surface area contributed by atoms with Gasteiger partial charge in [0.2, 0.25) is 11.9 Å². The fourth-order valence-corrected chi connectivity index (χ4v) is 1.80. The van der Waals surface area contributed by atoms with Crippen LogP contribution in [0.4, 0.5) is 11.8 Å². The minimum atomic E-state index is -0.545. The van der Waals surface area contributed by atoms with Crippen molar-refractivity contribution in [2.75, 3.05) is 10.7 Å². The number of aromatic nitrogens is 4. The lowest BCUT2D eigenvalue weighted by Gasteiger charge is -2.25. The zero-order chi connectivity index (χ0) is 14.0. The van der Waals surface area contributed by atoms with Gasteiger partial charge in [-0.25, -0.2) is 5.84 Å².